The molecule has 0 aliphatic carbocycles. The van der Waals surface area contributed by atoms with E-state index in [1.165, 1.54) is 4.90 Å². The topological polar surface area (TPSA) is 108 Å². The molecule has 0 aliphatic rings. The van der Waals surface area contributed by atoms with Crippen LogP contribution in [0.2, 0.25) is 0 Å². The van der Waals surface area contributed by atoms with E-state index in [4.69, 9.17) is 4.74 Å². The van der Waals surface area contributed by atoms with Gasteiger partial charge in [-0.15, -0.1) is 0 Å². The van der Waals surface area contributed by atoms with Crippen LogP contribution in [0.1, 0.15) is 95.9 Å². The molecule has 0 aromatic heterocycles. The molecule has 2 unspecified atom stereocenters. The molecular formula is C33H49N3O5. The lowest BCUT2D eigenvalue weighted by atomic mass is 9.99. The van der Waals surface area contributed by atoms with Gasteiger partial charge in [-0.05, 0) is 50.3 Å². The largest absolute Gasteiger partial charge is 0.444 e. The van der Waals surface area contributed by atoms with Crippen molar-refractivity contribution in [2.24, 2.45) is 0 Å². The van der Waals surface area contributed by atoms with E-state index in [2.05, 4.69) is 24.5 Å². The van der Waals surface area contributed by atoms with Gasteiger partial charge in [0.05, 0.1) is 6.61 Å². The molecule has 0 spiro atoms. The second-order valence-electron chi connectivity index (χ2n) is 11.4. The van der Waals surface area contributed by atoms with Crippen molar-refractivity contribution in [3.8, 4) is 0 Å². The Balaban J connectivity index is 2.39. The second kappa shape index (κ2) is 17.4. The van der Waals surface area contributed by atoms with Crippen LogP contribution < -0.4 is 10.6 Å². The van der Waals surface area contributed by atoms with Crippen LogP contribution in [0.4, 0.5) is 4.79 Å². The van der Waals surface area contributed by atoms with E-state index in [1.807, 2.05) is 54.6 Å². The lowest BCUT2D eigenvalue weighted by Gasteiger charge is -2.34. The van der Waals surface area contributed by atoms with Crippen LogP contribution in [-0.4, -0.2) is 52.7 Å². The maximum Gasteiger partial charge on any atom is 0.408 e. The van der Waals surface area contributed by atoms with Crippen molar-refractivity contribution in [1.82, 2.24) is 15.5 Å². The van der Waals surface area contributed by atoms with E-state index in [-0.39, 0.29) is 5.91 Å². The average molecular weight is 568 g/mol. The number of alkyl carbamates (subject to hydrolysis) is 1. The van der Waals surface area contributed by atoms with Gasteiger partial charge >= 0.3 is 6.09 Å². The van der Waals surface area contributed by atoms with Crippen molar-refractivity contribution < 1.29 is 24.2 Å². The van der Waals surface area contributed by atoms with Crippen molar-refractivity contribution in [1.29, 1.82) is 0 Å². The molecule has 0 fully saturated rings. The fraction of sp³-hybridized carbons (Fsp3) is 0.545. The summed E-state index contributed by atoms with van der Waals surface area (Å²) < 4.78 is 5.33. The normalized spacial score (nSPS) is 12.7. The van der Waals surface area contributed by atoms with Gasteiger partial charge in [0, 0.05) is 13.1 Å². The number of hydrogen-bond acceptors (Lipinski definition) is 5. The Kier molecular flexibility index (Phi) is 14.4. The molecule has 226 valence electrons. The molecule has 2 aromatic carbocycles. The summed E-state index contributed by atoms with van der Waals surface area (Å²) in [7, 11) is 0. The number of hydrogen-bond donors (Lipinski definition) is 3. The Morgan fingerprint density at radius 3 is 2.10 bits per heavy atom. The molecule has 3 N–H and O–H groups in total. The van der Waals surface area contributed by atoms with Crippen molar-refractivity contribution >= 4 is 17.9 Å². The van der Waals surface area contributed by atoms with Gasteiger partial charge in [-0.25, -0.2) is 4.79 Å². The van der Waals surface area contributed by atoms with Crippen LogP contribution in [0.3, 0.4) is 0 Å². The summed E-state index contributed by atoms with van der Waals surface area (Å²) in [6, 6.07) is 15.1. The van der Waals surface area contributed by atoms with Crippen LogP contribution in [-0.2, 0) is 27.3 Å². The Morgan fingerprint density at radius 2 is 1.51 bits per heavy atom. The number of aliphatic hydroxyl groups excluding tert-OH is 1. The molecule has 0 saturated carbocycles. The molecule has 0 radical (unpaired) electrons. The fourth-order valence-electron chi connectivity index (χ4n) is 4.55. The zero-order valence-electron chi connectivity index (χ0n) is 25.4. The van der Waals surface area contributed by atoms with Crippen LogP contribution in [0.5, 0.6) is 0 Å². The zero-order valence-corrected chi connectivity index (χ0v) is 25.4. The van der Waals surface area contributed by atoms with E-state index in [0.29, 0.717) is 25.1 Å². The van der Waals surface area contributed by atoms with Crippen LogP contribution in [0.25, 0.3) is 0 Å². The van der Waals surface area contributed by atoms with Gasteiger partial charge in [0.15, 0.2) is 0 Å². The van der Waals surface area contributed by atoms with Crippen molar-refractivity contribution in [3.63, 3.8) is 0 Å². The molecule has 2 atom stereocenters. The summed E-state index contributed by atoms with van der Waals surface area (Å²) >= 11 is 0. The van der Waals surface area contributed by atoms with Crippen molar-refractivity contribution in [3.05, 3.63) is 71.3 Å². The maximum absolute atomic E-state index is 14.0. The maximum atomic E-state index is 14.0. The Hall–Kier alpha value is -3.39. The smallest absolute Gasteiger partial charge is 0.408 e. The van der Waals surface area contributed by atoms with E-state index in [9.17, 15) is 19.5 Å². The summed E-state index contributed by atoms with van der Waals surface area (Å²) in [5.74, 6) is -0.863. The van der Waals surface area contributed by atoms with Crippen LogP contribution >= 0.6 is 0 Å². The van der Waals surface area contributed by atoms with Gasteiger partial charge in [-0.1, -0.05) is 101 Å². The molecule has 2 rings (SSSR count). The monoisotopic (exact) mass is 567 g/mol. The highest BCUT2D eigenvalue weighted by Crippen LogP contribution is 2.25. The Bertz CT molecular complexity index is 1070. The minimum Gasteiger partial charge on any atom is -0.444 e. The first kappa shape index (κ1) is 33.8. The Labute approximate surface area is 245 Å². The lowest BCUT2D eigenvalue weighted by Crippen LogP contribution is -2.54. The summed E-state index contributed by atoms with van der Waals surface area (Å²) in [5.41, 5.74) is 1.95. The summed E-state index contributed by atoms with van der Waals surface area (Å²) in [6.07, 6.45) is 6.07. The number of nitrogens with one attached hydrogen (secondary N) is 2. The minimum absolute atomic E-state index is 0.302. The molecule has 8 heteroatoms. The number of aryl methyl sites for hydroxylation is 1. The molecule has 0 heterocycles. The molecule has 41 heavy (non-hydrogen) atoms. The van der Waals surface area contributed by atoms with Gasteiger partial charge in [-0.2, -0.15) is 0 Å². The average Bonchev–Trinajstić information content (AvgIpc) is 2.95. The first-order valence-corrected chi connectivity index (χ1v) is 14.9. The highest BCUT2D eigenvalue weighted by molar-refractivity contribution is 5.92. The number of carbonyl (C=O) groups excluding carboxylic acids is 3. The summed E-state index contributed by atoms with van der Waals surface area (Å²) in [5, 5.41) is 15.7. The number of amides is 3. The SMILES string of the molecule is CCCCCCCCN(C(=O)C(CO)NC(=O)OC(C)(C)C)C(C(=O)NCc1ccccc1)c1ccc(CC)cc1. The molecule has 0 aliphatic heterocycles. The van der Waals surface area contributed by atoms with Gasteiger partial charge in [0.1, 0.15) is 17.7 Å². The summed E-state index contributed by atoms with van der Waals surface area (Å²) in [6.45, 7) is 9.37. The Morgan fingerprint density at radius 1 is 0.878 bits per heavy atom. The minimum atomic E-state index is -1.26. The first-order valence-electron chi connectivity index (χ1n) is 14.9. The number of benzene rings is 2. The first-order chi connectivity index (χ1) is 19.6. The number of carbonyl (C=O) groups is 3. The third-order valence-corrected chi connectivity index (χ3v) is 6.78. The zero-order chi connectivity index (χ0) is 30.3. The van der Waals surface area contributed by atoms with Crippen LogP contribution in [0, 0.1) is 0 Å². The highest BCUT2D eigenvalue weighted by Gasteiger charge is 2.35. The quantitative estimate of drug-likeness (QED) is 0.226. The van der Waals surface area contributed by atoms with Gasteiger partial charge in [0.2, 0.25) is 11.8 Å². The van der Waals surface area contributed by atoms with Crippen molar-refractivity contribution in [2.75, 3.05) is 13.2 Å². The molecular weight excluding hydrogens is 518 g/mol. The van der Waals surface area contributed by atoms with Gasteiger partial charge in [-0.3, -0.25) is 9.59 Å². The molecule has 2 aromatic rings. The molecule has 0 bridgehead atoms. The number of rotatable bonds is 16. The second-order valence-corrected chi connectivity index (χ2v) is 11.4. The number of unbranched alkanes of at least 4 members (excludes halogenated alkanes) is 5. The predicted octanol–water partition coefficient (Wildman–Crippen LogP) is 5.68. The van der Waals surface area contributed by atoms with E-state index in [0.717, 1.165) is 49.7 Å². The van der Waals surface area contributed by atoms with E-state index < -0.39 is 36.3 Å². The third-order valence-electron chi connectivity index (χ3n) is 6.78. The molecule has 0 saturated heterocycles. The fourth-order valence-corrected chi connectivity index (χ4v) is 4.55. The van der Waals surface area contributed by atoms with Gasteiger partial charge < -0.3 is 25.4 Å². The lowest BCUT2D eigenvalue weighted by molar-refractivity contribution is -0.143. The molecule has 8 nitrogen and oxygen atoms in total. The van der Waals surface area contributed by atoms with Crippen molar-refractivity contribution in [2.45, 2.75) is 104 Å². The summed E-state index contributed by atoms with van der Waals surface area (Å²) in [4.78, 5) is 41.8. The highest BCUT2D eigenvalue weighted by atomic mass is 16.6. The molecule has 3 amide bonds. The van der Waals surface area contributed by atoms with Gasteiger partial charge in [0.25, 0.3) is 0 Å². The standard InChI is InChI=1S/C33H49N3O5/c1-6-8-9-10-11-15-22-36(31(39)28(24-37)35-32(40)41-33(3,4)5)29(27-20-18-25(7-2)19-21-27)30(38)34-23-26-16-13-12-14-17-26/h12-14,16-21,28-29,37H,6-11,15,22-24H2,1-5H3,(H,34,38)(H,35,40). The van der Waals surface area contributed by atoms with E-state index in [1.54, 1.807) is 20.8 Å². The van der Waals surface area contributed by atoms with E-state index >= 15 is 0 Å². The number of aliphatic hydroxyl groups is 1. The van der Waals surface area contributed by atoms with Crippen LogP contribution in [0.15, 0.2) is 54.6 Å². The predicted molar refractivity (Wildman–Crippen MR) is 162 cm³/mol. The third kappa shape index (κ3) is 11.9. The number of nitrogens with zero attached hydrogens (tertiary/aromatic N) is 1. The number of ether oxygens (including phenoxy) is 1.